The van der Waals surface area contributed by atoms with Gasteiger partial charge in [-0.2, -0.15) is 0 Å². The van der Waals surface area contributed by atoms with Gasteiger partial charge in [0.2, 0.25) is 0 Å². The Hall–Kier alpha value is 0.410. The van der Waals surface area contributed by atoms with E-state index in [-0.39, 0.29) is 9.52 Å². The molecule has 1 aromatic rings. The second-order valence-electron chi connectivity index (χ2n) is 2.87. The van der Waals surface area contributed by atoms with Crippen LogP contribution in [0.15, 0.2) is 33.8 Å². The van der Waals surface area contributed by atoms with E-state index in [1.165, 1.54) is 0 Å². The van der Waals surface area contributed by atoms with E-state index in [4.69, 9.17) is 58.0 Å². The highest BCUT2D eigenvalue weighted by atomic mass is 35.5. The SMILES string of the molecule is ClC(Cl)=C(Cl)C(Cl)Cc1ccccc1Cl. The molecule has 1 atom stereocenters. The van der Waals surface area contributed by atoms with Crippen molar-refractivity contribution in [1.29, 1.82) is 0 Å². The molecule has 0 bridgehead atoms. The normalized spacial score (nSPS) is 12.3. The van der Waals surface area contributed by atoms with Crippen molar-refractivity contribution in [2.24, 2.45) is 0 Å². The van der Waals surface area contributed by atoms with Gasteiger partial charge in [0, 0.05) is 5.02 Å². The Balaban J connectivity index is 2.80. The van der Waals surface area contributed by atoms with E-state index in [1.54, 1.807) is 6.07 Å². The minimum Gasteiger partial charge on any atom is -0.116 e. The first-order valence-corrected chi connectivity index (χ1v) is 6.05. The van der Waals surface area contributed by atoms with E-state index in [1.807, 2.05) is 18.2 Å². The van der Waals surface area contributed by atoms with Gasteiger partial charge in [0.15, 0.2) is 0 Å². The fourth-order valence-electron chi connectivity index (χ4n) is 1.07. The van der Waals surface area contributed by atoms with Crippen LogP contribution in [0.3, 0.4) is 0 Å². The van der Waals surface area contributed by atoms with Gasteiger partial charge in [0.05, 0.1) is 10.4 Å². The lowest BCUT2D eigenvalue weighted by atomic mass is 10.1. The maximum Gasteiger partial charge on any atom is 0.122 e. The lowest BCUT2D eigenvalue weighted by molar-refractivity contribution is 0.995. The molecule has 0 N–H and O–H groups in total. The second-order valence-corrected chi connectivity index (χ2v) is 5.16. The van der Waals surface area contributed by atoms with Crippen molar-refractivity contribution in [3.05, 3.63) is 44.4 Å². The maximum atomic E-state index is 6.02. The summed E-state index contributed by atoms with van der Waals surface area (Å²) in [4.78, 5) is 0. The highest BCUT2D eigenvalue weighted by molar-refractivity contribution is 6.60. The van der Waals surface area contributed by atoms with Gasteiger partial charge in [0.1, 0.15) is 4.49 Å². The molecular weight excluding hydrogens is 297 g/mol. The summed E-state index contributed by atoms with van der Waals surface area (Å²) in [5, 5.41) is 0.426. The van der Waals surface area contributed by atoms with Gasteiger partial charge in [-0.1, -0.05) is 64.6 Å². The van der Waals surface area contributed by atoms with Gasteiger partial charge < -0.3 is 0 Å². The quantitative estimate of drug-likeness (QED) is 0.658. The van der Waals surface area contributed by atoms with Crippen LogP contribution in [-0.4, -0.2) is 5.38 Å². The molecule has 0 aliphatic rings. The molecule has 1 rings (SSSR count). The number of rotatable bonds is 3. The zero-order valence-electron chi connectivity index (χ0n) is 7.48. The largest absolute Gasteiger partial charge is 0.122 e. The van der Waals surface area contributed by atoms with E-state index in [0.717, 1.165) is 5.56 Å². The average Bonchev–Trinajstić information content (AvgIpc) is 2.20. The molecule has 0 aliphatic carbocycles. The lowest BCUT2D eigenvalue weighted by Gasteiger charge is -2.09. The van der Waals surface area contributed by atoms with Gasteiger partial charge >= 0.3 is 0 Å². The summed E-state index contributed by atoms with van der Waals surface area (Å²) in [6, 6.07) is 7.40. The Bertz CT molecular complexity index is 368. The first-order chi connectivity index (χ1) is 7.02. The second kappa shape index (κ2) is 6.22. The minimum atomic E-state index is -0.462. The van der Waals surface area contributed by atoms with E-state index in [0.29, 0.717) is 11.4 Å². The molecule has 0 saturated carbocycles. The number of alkyl halides is 1. The van der Waals surface area contributed by atoms with Crippen LogP contribution in [-0.2, 0) is 6.42 Å². The third kappa shape index (κ3) is 4.05. The van der Waals surface area contributed by atoms with Crippen molar-refractivity contribution >= 4 is 58.0 Å². The number of hydrogen-bond donors (Lipinski definition) is 0. The summed E-state index contributed by atoms with van der Waals surface area (Å²) in [6.45, 7) is 0. The van der Waals surface area contributed by atoms with Crippen molar-refractivity contribution < 1.29 is 0 Å². The molecule has 0 fully saturated rings. The van der Waals surface area contributed by atoms with Crippen molar-refractivity contribution in [2.45, 2.75) is 11.8 Å². The summed E-state index contributed by atoms with van der Waals surface area (Å²) >= 11 is 28.8. The average molecular weight is 304 g/mol. The van der Waals surface area contributed by atoms with Gasteiger partial charge in [-0.25, -0.2) is 0 Å². The van der Waals surface area contributed by atoms with Crippen LogP contribution in [0.5, 0.6) is 0 Å². The fourth-order valence-corrected chi connectivity index (χ4v) is 2.01. The molecule has 1 aromatic carbocycles. The number of hydrogen-bond acceptors (Lipinski definition) is 0. The molecule has 0 nitrogen and oxygen atoms in total. The van der Waals surface area contributed by atoms with E-state index < -0.39 is 5.38 Å². The van der Waals surface area contributed by atoms with Crippen molar-refractivity contribution in [1.82, 2.24) is 0 Å². The van der Waals surface area contributed by atoms with Crippen molar-refractivity contribution in [3.63, 3.8) is 0 Å². The van der Waals surface area contributed by atoms with Gasteiger partial charge in [0.25, 0.3) is 0 Å². The van der Waals surface area contributed by atoms with Crippen LogP contribution >= 0.6 is 58.0 Å². The lowest BCUT2D eigenvalue weighted by Crippen LogP contribution is -2.04. The van der Waals surface area contributed by atoms with E-state index >= 15 is 0 Å². The predicted octanol–water partition coefficient (Wildman–Crippen LogP) is 5.38. The molecule has 0 amide bonds. The molecule has 15 heavy (non-hydrogen) atoms. The predicted molar refractivity (Wildman–Crippen MR) is 69.4 cm³/mol. The summed E-state index contributed by atoms with van der Waals surface area (Å²) in [5.74, 6) is 0. The van der Waals surface area contributed by atoms with E-state index in [9.17, 15) is 0 Å². The topological polar surface area (TPSA) is 0 Å². The highest BCUT2D eigenvalue weighted by Crippen LogP contribution is 2.28. The number of allylic oxidation sites excluding steroid dienone is 1. The third-order valence-electron chi connectivity index (χ3n) is 1.81. The Kier molecular flexibility index (Phi) is 5.59. The van der Waals surface area contributed by atoms with Crippen LogP contribution < -0.4 is 0 Å². The zero-order valence-corrected chi connectivity index (χ0v) is 11.3. The van der Waals surface area contributed by atoms with Crippen LogP contribution in [0.4, 0.5) is 0 Å². The molecule has 0 radical (unpaired) electrons. The molecule has 5 heteroatoms. The highest BCUT2D eigenvalue weighted by Gasteiger charge is 2.14. The Labute approximate surface area is 114 Å². The smallest absolute Gasteiger partial charge is 0.116 e. The summed E-state index contributed by atoms with van der Waals surface area (Å²) < 4.78 is -0.0104. The summed E-state index contributed by atoms with van der Waals surface area (Å²) in [6.07, 6.45) is 0.489. The first kappa shape index (κ1) is 13.5. The Morgan fingerprint density at radius 3 is 2.27 bits per heavy atom. The molecule has 82 valence electrons. The fraction of sp³-hybridized carbons (Fsp3) is 0.200. The minimum absolute atomic E-state index is 0.0104. The monoisotopic (exact) mass is 302 g/mol. The van der Waals surface area contributed by atoms with Gasteiger partial charge in [-0.3, -0.25) is 0 Å². The molecule has 0 heterocycles. The van der Waals surface area contributed by atoms with Crippen molar-refractivity contribution in [3.8, 4) is 0 Å². The zero-order chi connectivity index (χ0) is 11.4. The molecule has 0 spiro atoms. The van der Waals surface area contributed by atoms with Gasteiger partial charge in [-0.05, 0) is 18.1 Å². The first-order valence-electron chi connectivity index (χ1n) is 4.10. The number of halogens is 5. The van der Waals surface area contributed by atoms with Crippen LogP contribution in [0.2, 0.25) is 5.02 Å². The molecule has 1 unspecified atom stereocenters. The molecule has 0 aromatic heterocycles. The summed E-state index contributed by atoms with van der Waals surface area (Å²) in [5.41, 5.74) is 0.909. The molecule has 0 aliphatic heterocycles. The van der Waals surface area contributed by atoms with Crippen LogP contribution in [0.1, 0.15) is 5.56 Å². The Morgan fingerprint density at radius 1 is 1.13 bits per heavy atom. The Morgan fingerprint density at radius 2 is 1.73 bits per heavy atom. The molecule has 0 saturated heterocycles. The maximum absolute atomic E-state index is 6.02. The van der Waals surface area contributed by atoms with Crippen LogP contribution in [0.25, 0.3) is 0 Å². The van der Waals surface area contributed by atoms with Crippen LogP contribution in [0, 0.1) is 0 Å². The molecular formula is C10H7Cl5. The van der Waals surface area contributed by atoms with E-state index in [2.05, 4.69) is 0 Å². The van der Waals surface area contributed by atoms with Crippen molar-refractivity contribution in [2.75, 3.05) is 0 Å². The summed E-state index contributed by atoms with van der Waals surface area (Å²) in [7, 11) is 0. The number of benzene rings is 1. The third-order valence-corrected chi connectivity index (χ3v) is 3.72. The van der Waals surface area contributed by atoms with Gasteiger partial charge in [-0.15, -0.1) is 11.6 Å². The standard InChI is InChI=1S/C10H7Cl5/c11-7-4-2-1-3-6(7)5-8(12)9(13)10(14)15/h1-4,8H,5H2.